The molecule has 0 amide bonds. The molecule has 1 aromatic rings. The third kappa shape index (κ3) is 5.61. The van der Waals surface area contributed by atoms with Crippen LogP contribution in [0.25, 0.3) is 0 Å². The second-order valence-electron chi connectivity index (χ2n) is 7.53. The van der Waals surface area contributed by atoms with Gasteiger partial charge in [0, 0.05) is 35.3 Å². The molecule has 4 nitrogen and oxygen atoms in total. The van der Waals surface area contributed by atoms with Crippen molar-refractivity contribution in [3.63, 3.8) is 0 Å². The van der Waals surface area contributed by atoms with E-state index in [0.717, 1.165) is 43.1 Å². The lowest BCUT2D eigenvalue weighted by Gasteiger charge is -2.32. The first-order valence-electron chi connectivity index (χ1n) is 8.66. The van der Waals surface area contributed by atoms with Gasteiger partial charge in [-0.05, 0) is 38.0 Å². The number of thioether (sulfide) groups is 1. The van der Waals surface area contributed by atoms with Gasteiger partial charge in [-0.2, -0.15) is 17.0 Å². The van der Waals surface area contributed by atoms with Crippen LogP contribution in [0.1, 0.15) is 46.1 Å². The van der Waals surface area contributed by atoms with E-state index in [0.29, 0.717) is 11.6 Å². The van der Waals surface area contributed by atoms with Crippen molar-refractivity contribution in [3.05, 3.63) is 23.8 Å². The third-order valence-corrected chi connectivity index (χ3v) is 5.63. The average Bonchev–Trinajstić information content (AvgIpc) is 2.53. The molecular formula is C19H29N3OS. The molecule has 0 saturated carbocycles. The first kappa shape index (κ1) is 19.0. The van der Waals surface area contributed by atoms with Gasteiger partial charge in [-0.25, -0.2) is 0 Å². The fourth-order valence-corrected chi connectivity index (χ4v) is 3.63. The monoisotopic (exact) mass is 347 g/mol. The van der Waals surface area contributed by atoms with Gasteiger partial charge in [0.25, 0.3) is 0 Å². The minimum Gasteiger partial charge on any atom is -0.393 e. The zero-order valence-electron chi connectivity index (χ0n) is 15.2. The van der Waals surface area contributed by atoms with Crippen molar-refractivity contribution in [1.82, 2.24) is 0 Å². The molecule has 1 fully saturated rings. The number of anilines is 2. The van der Waals surface area contributed by atoms with Gasteiger partial charge in [-0.1, -0.05) is 20.8 Å². The molecule has 1 aliphatic rings. The molecule has 2 rings (SSSR count). The van der Waals surface area contributed by atoms with E-state index in [1.165, 1.54) is 0 Å². The zero-order valence-corrected chi connectivity index (χ0v) is 16.0. The zero-order chi connectivity index (χ0) is 17.7. The lowest BCUT2D eigenvalue weighted by molar-refractivity contribution is 0.145. The number of nitriles is 1. The minimum absolute atomic E-state index is 0.200. The van der Waals surface area contributed by atoms with E-state index in [4.69, 9.17) is 0 Å². The molecule has 1 aliphatic heterocycles. The summed E-state index contributed by atoms with van der Waals surface area (Å²) in [5.41, 5.74) is 2.67. The fraction of sp³-hybridized carbons (Fsp3) is 0.632. The Hall–Kier alpha value is -1.38. The lowest BCUT2D eigenvalue weighted by atomic mass is 10.0. The van der Waals surface area contributed by atoms with E-state index in [9.17, 15) is 10.4 Å². The van der Waals surface area contributed by atoms with Crippen LogP contribution in [-0.4, -0.2) is 40.8 Å². The van der Waals surface area contributed by atoms with E-state index in [1.54, 1.807) is 0 Å². The van der Waals surface area contributed by atoms with E-state index in [2.05, 4.69) is 50.0 Å². The Morgan fingerprint density at radius 2 is 2.04 bits per heavy atom. The Morgan fingerprint density at radius 1 is 1.38 bits per heavy atom. The second kappa shape index (κ2) is 8.13. The number of aliphatic hydroxyl groups is 1. The van der Waals surface area contributed by atoms with Crippen molar-refractivity contribution in [2.24, 2.45) is 0 Å². The smallest absolute Gasteiger partial charge is 0.101 e. The molecule has 5 heteroatoms. The molecule has 1 heterocycles. The maximum Gasteiger partial charge on any atom is 0.101 e. The number of hydrogen-bond acceptors (Lipinski definition) is 5. The van der Waals surface area contributed by atoms with Crippen molar-refractivity contribution in [1.29, 1.82) is 5.26 Å². The van der Waals surface area contributed by atoms with Crippen LogP contribution in [0.5, 0.6) is 0 Å². The minimum atomic E-state index is -0.200. The Kier molecular flexibility index (Phi) is 6.42. The molecule has 0 aromatic heterocycles. The molecule has 1 atom stereocenters. The predicted octanol–water partition coefficient (Wildman–Crippen LogP) is 3.85. The van der Waals surface area contributed by atoms with Gasteiger partial charge in [0.15, 0.2) is 0 Å². The van der Waals surface area contributed by atoms with Crippen molar-refractivity contribution in [2.75, 3.05) is 29.1 Å². The normalized spacial score (nSPS) is 17.4. The number of nitrogens with zero attached hydrogens (tertiary/aromatic N) is 2. The maximum absolute atomic E-state index is 9.65. The van der Waals surface area contributed by atoms with E-state index in [1.807, 2.05) is 23.9 Å². The summed E-state index contributed by atoms with van der Waals surface area (Å²) < 4.78 is 0.260. The Balaban J connectivity index is 2.02. The highest BCUT2D eigenvalue weighted by Crippen LogP contribution is 2.28. The highest BCUT2D eigenvalue weighted by atomic mass is 32.2. The van der Waals surface area contributed by atoms with Gasteiger partial charge in [0.2, 0.25) is 0 Å². The first-order chi connectivity index (χ1) is 11.3. The Labute approximate surface area is 150 Å². The van der Waals surface area contributed by atoms with E-state index in [-0.39, 0.29) is 10.9 Å². The standard InChI is InChI=1S/C19H29N3OS/c1-14(13-24-19(2,3)4)21-16-5-6-18(15(11-16)12-20)22-9-7-17(23)8-10-22/h5-6,11,14,17,21,23H,7-10,13H2,1-4H3. The van der Waals surface area contributed by atoms with Crippen molar-refractivity contribution in [3.8, 4) is 6.07 Å². The quantitative estimate of drug-likeness (QED) is 0.847. The largest absolute Gasteiger partial charge is 0.393 e. The van der Waals surface area contributed by atoms with Crippen molar-refractivity contribution in [2.45, 2.75) is 57.4 Å². The summed E-state index contributed by atoms with van der Waals surface area (Å²) in [6.07, 6.45) is 1.34. The molecule has 0 radical (unpaired) electrons. The number of benzene rings is 1. The van der Waals surface area contributed by atoms with Gasteiger partial charge in [0.1, 0.15) is 6.07 Å². The molecule has 0 spiro atoms. The molecule has 0 aliphatic carbocycles. The number of piperidine rings is 1. The maximum atomic E-state index is 9.65. The van der Waals surface area contributed by atoms with Crippen LogP contribution >= 0.6 is 11.8 Å². The third-order valence-electron chi connectivity index (χ3n) is 4.10. The topological polar surface area (TPSA) is 59.3 Å². The predicted molar refractivity (Wildman–Crippen MR) is 104 cm³/mol. The van der Waals surface area contributed by atoms with Crippen LogP contribution in [0.15, 0.2) is 18.2 Å². The number of hydrogen-bond donors (Lipinski definition) is 2. The number of aliphatic hydroxyl groups excluding tert-OH is 1. The highest BCUT2D eigenvalue weighted by molar-refractivity contribution is 8.00. The van der Waals surface area contributed by atoms with Crippen molar-refractivity contribution < 1.29 is 5.11 Å². The summed E-state index contributed by atoms with van der Waals surface area (Å²) in [5, 5.41) is 22.7. The molecule has 1 saturated heterocycles. The van der Waals surface area contributed by atoms with Crippen LogP contribution in [0.3, 0.4) is 0 Å². The summed E-state index contributed by atoms with van der Waals surface area (Å²) in [4.78, 5) is 2.20. The van der Waals surface area contributed by atoms with E-state index < -0.39 is 0 Å². The van der Waals surface area contributed by atoms with Crippen LogP contribution in [-0.2, 0) is 0 Å². The molecule has 2 N–H and O–H groups in total. The summed E-state index contributed by atoms with van der Waals surface area (Å²) in [6.45, 7) is 10.5. The molecular weight excluding hydrogens is 318 g/mol. The van der Waals surface area contributed by atoms with Gasteiger partial charge in [-0.15, -0.1) is 0 Å². The molecule has 24 heavy (non-hydrogen) atoms. The molecule has 0 bridgehead atoms. The van der Waals surface area contributed by atoms with Crippen molar-refractivity contribution >= 4 is 23.1 Å². The summed E-state index contributed by atoms with van der Waals surface area (Å²) in [7, 11) is 0. The van der Waals surface area contributed by atoms with Gasteiger partial charge >= 0.3 is 0 Å². The summed E-state index contributed by atoms with van der Waals surface area (Å²) in [5.74, 6) is 1.02. The van der Waals surface area contributed by atoms with E-state index >= 15 is 0 Å². The lowest BCUT2D eigenvalue weighted by Crippen LogP contribution is -2.36. The fourth-order valence-electron chi connectivity index (χ4n) is 2.80. The number of nitrogens with one attached hydrogen (secondary N) is 1. The summed E-state index contributed by atoms with van der Waals surface area (Å²) >= 11 is 1.94. The van der Waals surface area contributed by atoms with Crippen LogP contribution < -0.4 is 10.2 Å². The summed E-state index contributed by atoms with van der Waals surface area (Å²) in [6, 6.07) is 8.70. The Bertz CT molecular complexity index is 583. The van der Waals surface area contributed by atoms with Gasteiger partial charge in [0.05, 0.1) is 17.4 Å². The van der Waals surface area contributed by atoms with Crippen LogP contribution in [0.4, 0.5) is 11.4 Å². The second-order valence-corrected chi connectivity index (χ2v) is 9.38. The average molecular weight is 348 g/mol. The van der Waals surface area contributed by atoms with Gasteiger partial charge < -0.3 is 15.3 Å². The van der Waals surface area contributed by atoms with Gasteiger partial charge in [-0.3, -0.25) is 0 Å². The Morgan fingerprint density at radius 3 is 2.62 bits per heavy atom. The highest BCUT2D eigenvalue weighted by Gasteiger charge is 2.20. The van der Waals surface area contributed by atoms with Crippen LogP contribution in [0, 0.1) is 11.3 Å². The first-order valence-corrected chi connectivity index (χ1v) is 9.65. The van der Waals surface area contributed by atoms with Crippen LogP contribution in [0.2, 0.25) is 0 Å². The number of rotatable bonds is 5. The molecule has 1 unspecified atom stereocenters. The SMILES string of the molecule is CC(CSC(C)(C)C)Nc1ccc(N2CCC(O)CC2)c(C#N)c1. The molecule has 132 valence electrons. The molecule has 1 aromatic carbocycles.